The fraction of sp³-hybridized carbons (Fsp3) is 0.440. The van der Waals surface area contributed by atoms with E-state index in [2.05, 4.69) is 60.2 Å². The second-order valence-electron chi connectivity index (χ2n) is 9.93. The molecular formula is C25H33FN6O. The van der Waals surface area contributed by atoms with Gasteiger partial charge in [-0.15, -0.1) is 0 Å². The van der Waals surface area contributed by atoms with Crippen molar-refractivity contribution in [3.05, 3.63) is 54.7 Å². The zero-order chi connectivity index (χ0) is 23.8. The van der Waals surface area contributed by atoms with Crippen LogP contribution in [0, 0.1) is 5.82 Å². The number of ether oxygens (including phenoxy) is 1. The van der Waals surface area contributed by atoms with Gasteiger partial charge in [-0.1, -0.05) is 0 Å². The number of nitrogens with one attached hydrogen (secondary N) is 2. The lowest BCUT2D eigenvalue weighted by Crippen LogP contribution is -2.61. The van der Waals surface area contributed by atoms with Gasteiger partial charge in [0.2, 0.25) is 5.95 Å². The Balaban J connectivity index is 1.53. The Morgan fingerprint density at radius 1 is 1.09 bits per heavy atom. The monoisotopic (exact) mass is 452 g/mol. The number of likely N-dealkylation sites (tertiary alicyclic amines) is 1. The van der Waals surface area contributed by atoms with E-state index in [-0.39, 0.29) is 22.9 Å². The van der Waals surface area contributed by atoms with Gasteiger partial charge in [0, 0.05) is 41.3 Å². The summed E-state index contributed by atoms with van der Waals surface area (Å²) in [6, 6.07) is 9.76. The summed E-state index contributed by atoms with van der Waals surface area (Å²) in [6.45, 7) is 8.88. The fourth-order valence-corrected chi connectivity index (χ4v) is 4.79. The number of hydrogen-bond acceptors (Lipinski definition) is 6. The highest BCUT2D eigenvalue weighted by Crippen LogP contribution is 2.38. The average molecular weight is 453 g/mol. The van der Waals surface area contributed by atoms with Gasteiger partial charge in [-0.25, -0.2) is 9.37 Å². The maximum absolute atomic E-state index is 14.6. The molecule has 1 aliphatic rings. The van der Waals surface area contributed by atoms with E-state index in [1.807, 2.05) is 47.3 Å². The molecule has 1 saturated heterocycles. The van der Waals surface area contributed by atoms with Crippen molar-refractivity contribution in [3.63, 3.8) is 0 Å². The Labute approximate surface area is 195 Å². The summed E-state index contributed by atoms with van der Waals surface area (Å²) in [5, 5.41) is 6.51. The van der Waals surface area contributed by atoms with Crippen LogP contribution in [0.5, 0.6) is 5.75 Å². The summed E-state index contributed by atoms with van der Waals surface area (Å²) in [4.78, 5) is 11.0. The summed E-state index contributed by atoms with van der Waals surface area (Å²) in [5.74, 6) is 0.772. The number of anilines is 3. The predicted molar refractivity (Wildman–Crippen MR) is 130 cm³/mol. The topological polar surface area (TPSA) is 67.2 Å². The van der Waals surface area contributed by atoms with Gasteiger partial charge in [-0.2, -0.15) is 4.98 Å². The molecule has 7 nitrogen and oxygen atoms in total. The number of aromatic nitrogens is 3. The number of methoxy groups -OCH3 is 1. The molecule has 0 aliphatic carbocycles. The van der Waals surface area contributed by atoms with Crippen molar-refractivity contribution in [2.75, 3.05) is 24.8 Å². The van der Waals surface area contributed by atoms with E-state index in [1.165, 1.54) is 6.20 Å². The van der Waals surface area contributed by atoms with Crippen LogP contribution in [0.3, 0.4) is 0 Å². The fourth-order valence-electron chi connectivity index (χ4n) is 4.79. The molecule has 0 radical (unpaired) electrons. The van der Waals surface area contributed by atoms with Crippen molar-refractivity contribution in [2.45, 2.75) is 57.7 Å². The first kappa shape index (κ1) is 23.0. The number of halogens is 1. The van der Waals surface area contributed by atoms with Gasteiger partial charge in [-0.05, 0) is 71.8 Å². The molecule has 2 N–H and O–H groups in total. The molecule has 0 spiro atoms. The number of piperidine rings is 1. The van der Waals surface area contributed by atoms with Crippen molar-refractivity contribution < 1.29 is 9.13 Å². The van der Waals surface area contributed by atoms with Crippen molar-refractivity contribution in [1.82, 2.24) is 19.4 Å². The largest absolute Gasteiger partial charge is 0.494 e. The molecule has 1 fully saturated rings. The van der Waals surface area contributed by atoms with E-state index in [4.69, 9.17) is 4.74 Å². The maximum Gasteiger partial charge on any atom is 0.229 e. The minimum absolute atomic E-state index is 0.0119. The van der Waals surface area contributed by atoms with Crippen LogP contribution in [0.2, 0.25) is 0 Å². The van der Waals surface area contributed by atoms with Crippen LogP contribution in [0.25, 0.3) is 5.69 Å². The second kappa shape index (κ2) is 8.67. The van der Waals surface area contributed by atoms with Gasteiger partial charge in [0.05, 0.1) is 19.0 Å². The van der Waals surface area contributed by atoms with Gasteiger partial charge < -0.3 is 19.9 Å². The summed E-state index contributed by atoms with van der Waals surface area (Å²) < 4.78 is 22.1. The second-order valence-corrected chi connectivity index (χ2v) is 9.93. The Kier molecular flexibility index (Phi) is 6.05. The summed E-state index contributed by atoms with van der Waals surface area (Å²) in [7, 11) is 3.78. The van der Waals surface area contributed by atoms with E-state index in [9.17, 15) is 4.39 Å². The normalized spacial score (nSPS) is 18.2. The van der Waals surface area contributed by atoms with E-state index >= 15 is 0 Å². The Bertz CT molecular complexity index is 1090. The van der Waals surface area contributed by atoms with Crippen LogP contribution in [0.15, 0.2) is 48.9 Å². The van der Waals surface area contributed by atoms with Crippen LogP contribution >= 0.6 is 0 Å². The summed E-state index contributed by atoms with van der Waals surface area (Å²) in [6.07, 6.45) is 6.89. The molecule has 176 valence electrons. The number of benzene rings is 1. The third kappa shape index (κ3) is 4.80. The molecule has 0 saturated carbocycles. The number of rotatable bonds is 6. The summed E-state index contributed by atoms with van der Waals surface area (Å²) in [5.41, 5.74) is 1.65. The molecule has 0 unspecified atom stereocenters. The number of hydrogen-bond donors (Lipinski definition) is 2. The van der Waals surface area contributed by atoms with E-state index in [0.29, 0.717) is 11.7 Å². The summed E-state index contributed by atoms with van der Waals surface area (Å²) >= 11 is 0. The van der Waals surface area contributed by atoms with Gasteiger partial charge in [0.1, 0.15) is 5.75 Å². The van der Waals surface area contributed by atoms with Gasteiger partial charge in [0.15, 0.2) is 11.6 Å². The highest BCUT2D eigenvalue weighted by atomic mass is 19.1. The molecule has 0 amide bonds. The van der Waals surface area contributed by atoms with E-state index < -0.39 is 5.82 Å². The highest BCUT2D eigenvalue weighted by Gasteiger charge is 2.43. The van der Waals surface area contributed by atoms with Crippen LogP contribution in [0.4, 0.5) is 21.8 Å². The van der Waals surface area contributed by atoms with Gasteiger partial charge in [-0.3, -0.25) is 4.90 Å². The molecule has 3 aromatic rings. The first-order valence-electron chi connectivity index (χ1n) is 11.2. The van der Waals surface area contributed by atoms with Crippen molar-refractivity contribution in [2.24, 2.45) is 0 Å². The Morgan fingerprint density at radius 2 is 1.76 bits per heavy atom. The van der Waals surface area contributed by atoms with Gasteiger partial charge >= 0.3 is 0 Å². The van der Waals surface area contributed by atoms with Crippen LogP contribution in [-0.2, 0) is 0 Å². The van der Waals surface area contributed by atoms with Crippen molar-refractivity contribution in [3.8, 4) is 11.4 Å². The van der Waals surface area contributed by atoms with Crippen LogP contribution in [0.1, 0.15) is 40.5 Å². The van der Waals surface area contributed by atoms with Crippen molar-refractivity contribution >= 4 is 17.5 Å². The highest BCUT2D eigenvalue weighted by molar-refractivity contribution is 5.62. The number of nitrogens with zero attached hydrogens (tertiary/aromatic N) is 4. The van der Waals surface area contributed by atoms with E-state index in [1.54, 1.807) is 7.11 Å². The predicted octanol–water partition coefficient (Wildman–Crippen LogP) is 5.22. The average Bonchev–Trinajstić information content (AvgIpc) is 3.28. The molecular weight excluding hydrogens is 419 g/mol. The molecule has 8 heteroatoms. The first-order valence-corrected chi connectivity index (χ1v) is 11.2. The molecule has 33 heavy (non-hydrogen) atoms. The zero-order valence-electron chi connectivity index (χ0n) is 20.2. The third-order valence-corrected chi connectivity index (χ3v) is 6.71. The molecule has 1 aromatic carbocycles. The molecule has 3 heterocycles. The third-order valence-electron chi connectivity index (χ3n) is 6.71. The maximum atomic E-state index is 14.6. The molecule has 1 aliphatic heterocycles. The van der Waals surface area contributed by atoms with Crippen molar-refractivity contribution in [1.29, 1.82) is 0 Å². The quantitative estimate of drug-likeness (QED) is 0.534. The molecule has 0 bridgehead atoms. The molecule has 0 atom stereocenters. The molecule has 4 rings (SSSR count). The Hall–Kier alpha value is -3.13. The van der Waals surface area contributed by atoms with Crippen LogP contribution in [-0.4, -0.2) is 50.7 Å². The Morgan fingerprint density at radius 3 is 2.39 bits per heavy atom. The van der Waals surface area contributed by atoms with Crippen LogP contribution < -0.4 is 15.4 Å². The smallest absolute Gasteiger partial charge is 0.229 e. The minimum atomic E-state index is -0.462. The lowest BCUT2D eigenvalue weighted by Gasteiger charge is -2.53. The molecule has 2 aromatic heterocycles. The lowest BCUT2D eigenvalue weighted by molar-refractivity contribution is -0.00778. The minimum Gasteiger partial charge on any atom is -0.494 e. The van der Waals surface area contributed by atoms with Gasteiger partial charge in [0.25, 0.3) is 0 Å². The SMILES string of the molecule is COc1cc(Nc2ncc(F)c(NC3CC(C)(C)N(C)C(C)(C)C3)n2)ccc1-n1cccc1. The first-order chi connectivity index (χ1) is 15.6. The zero-order valence-corrected chi connectivity index (χ0v) is 20.2. The standard InChI is InChI=1S/C25H33FN6O/c1-24(2)14-18(15-25(3,4)31(24)5)28-22-19(26)16-27-23(30-22)29-17-9-10-20(21(13-17)33-6)32-11-7-8-12-32/h7-13,16,18H,14-15H2,1-6H3,(H2,27,28,29,30). The van der Waals surface area contributed by atoms with E-state index in [0.717, 1.165) is 24.2 Å². The lowest BCUT2D eigenvalue weighted by atomic mass is 9.77.